The average molecular weight is 243 g/mol. The first-order valence-corrected chi connectivity index (χ1v) is 6.82. The zero-order valence-corrected chi connectivity index (χ0v) is 11.9. The third-order valence-corrected chi connectivity index (χ3v) is 2.57. The van der Waals surface area contributed by atoms with Crippen molar-refractivity contribution < 1.29 is 4.79 Å². The van der Waals surface area contributed by atoms with Crippen LogP contribution in [0.5, 0.6) is 0 Å². The van der Waals surface area contributed by atoms with Crippen LogP contribution in [-0.4, -0.2) is 49.6 Å². The van der Waals surface area contributed by atoms with Gasteiger partial charge in [0.1, 0.15) is 0 Å². The third-order valence-electron chi connectivity index (χ3n) is 2.57. The standard InChI is InChI=1S/C13H29N3O/c1-5-10-16(6-2)11-9-14-8-7-13(17)15-12(3)4/h12,14H,5-11H2,1-4H3,(H,15,17). The first-order valence-electron chi connectivity index (χ1n) is 6.82. The minimum atomic E-state index is 0.133. The zero-order valence-electron chi connectivity index (χ0n) is 11.9. The molecule has 2 N–H and O–H groups in total. The molecule has 0 rings (SSSR count). The minimum absolute atomic E-state index is 0.133. The van der Waals surface area contributed by atoms with Crippen LogP contribution in [0.1, 0.15) is 40.5 Å². The maximum absolute atomic E-state index is 11.3. The van der Waals surface area contributed by atoms with E-state index >= 15 is 0 Å². The van der Waals surface area contributed by atoms with Crippen LogP contribution in [0.4, 0.5) is 0 Å². The maximum Gasteiger partial charge on any atom is 0.221 e. The van der Waals surface area contributed by atoms with E-state index < -0.39 is 0 Å². The van der Waals surface area contributed by atoms with E-state index in [-0.39, 0.29) is 11.9 Å². The number of nitrogens with one attached hydrogen (secondary N) is 2. The van der Waals surface area contributed by atoms with E-state index in [1.165, 1.54) is 6.42 Å². The lowest BCUT2D eigenvalue weighted by molar-refractivity contribution is -0.121. The Bertz CT molecular complexity index is 195. The number of nitrogens with zero attached hydrogens (tertiary/aromatic N) is 1. The molecule has 4 nitrogen and oxygen atoms in total. The molecule has 0 bridgehead atoms. The summed E-state index contributed by atoms with van der Waals surface area (Å²) in [5.74, 6) is 0.133. The topological polar surface area (TPSA) is 44.4 Å². The van der Waals surface area contributed by atoms with Crippen LogP contribution in [0.2, 0.25) is 0 Å². The van der Waals surface area contributed by atoms with Crippen molar-refractivity contribution in [3.63, 3.8) is 0 Å². The summed E-state index contributed by atoms with van der Waals surface area (Å²) in [6.07, 6.45) is 1.77. The van der Waals surface area contributed by atoms with Gasteiger partial charge in [0.25, 0.3) is 0 Å². The fourth-order valence-electron chi connectivity index (χ4n) is 1.70. The molecule has 0 unspecified atom stereocenters. The van der Waals surface area contributed by atoms with Crippen LogP contribution in [-0.2, 0) is 4.79 Å². The van der Waals surface area contributed by atoms with Gasteiger partial charge in [-0.05, 0) is 33.4 Å². The van der Waals surface area contributed by atoms with E-state index in [1.807, 2.05) is 13.8 Å². The molecule has 1 amide bonds. The van der Waals surface area contributed by atoms with Crippen molar-refractivity contribution in [3.05, 3.63) is 0 Å². The summed E-state index contributed by atoms with van der Waals surface area (Å²) in [5, 5.41) is 6.19. The van der Waals surface area contributed by atoms with Gasteiger partial charge in [-0.15, -0.1) is 0 Å². The zero-order chi connectivity index (χ0) is 13.1. The number of likely N-dealkylation sites (N-methyl/N-ethyl adjacent to an activating group) is 1. The second-order valence-electron chi connectivity index (χ2n) is 4.66. The van der Waals surface area contributed by atoms with Crippen molar-refractivity contribution in [1.29, 1.82) is 0 Å². The number of hydrogen-bond donors (Lipinski definition) is 2. The number of carbonyl (C=O) groups excluding carboxylic acids is 1. The Kier molecular flexibility index (Phi) is 10.2. The summed E-state index contributed by atoms with van der Waals surface area (Å²) in [6.45, 7) is 13.4. The van der Waals surface area contributed by atoms with Gasteiger partial charge in [-0.25, -0.2) is 0 Å². The largest absolute Gasteiger partial charge is 0.354 e. The molecule has 0 heterocycles. The van der Waals surface area contributed by atoms with Crippen LogP contribution < -0.4 is 10.6 Å². The highest BCUT2D eigenvalue weighted by atomic mass is 16.1. The van der Waals surface area contributed by atoms with E-state index in [0.717, 1.165) is 32.7 Å². The van der Waals surface area contributed by atoms with Crippen molar-refractivity contribution >= 4 is 5.91 Å². The highest BCUT2D eigenvalue weighted by Gasteiger charge is 2.03. The lowest BCUT2D eigenvalue weighted by atomic mass is 10.3. The highest BCUT2D eigenvalue weighted by Crippen LogP contribution is 1.89. The predicted octanol–water partition coefficient (Wildman–Crippen LogP) is 1.22. The van der Waals surface area contributed by atoms with Crippen LogP contribution in [0.25, 0.3) is 0 Å². The van der Waals surface area contributed by atoms with Gasteiger partial charge in [0.2, 0.25) is 5.91 Å². The van der Waals surface area contributed by atoms with Gasteiger partial charge in [0.15, 0.2) is 0 Å². The first kappa shape index (κ1) is 16.4. The SMILES string of the molecule is CCCN(CC)CCNCCC(=O)NC(C)C. The fourth-order valence-corrected chi connectivity index (χ4v) is 1.70. The summed E-state index contributed by atoms with van der Waals surface area (Å²) >= 11 is 0. The Morgan fingerprint density at radius 3 is 2.41 bits per heavy atom. The van der Waals surface area contributed by atoms with Gasteiger partial charge in [0, 0.05) is 32.1 Å². The Hall–Kier alpha value is -0.610. The van der Waals surface area contributed by atoms with Gasteiger partial charge in [-0.1, -0.05) is 13.8 Å². The highest BCUT2D eigenvalue weighted by molar-refractivity contribution is 5.76. The maximum atomic E-state index is 11.3. The second-order valence-corrected chi connectivity index (χ2v) is 4.66. The van der Waals surface area contributed by atoms with E-state index in [1.54, 1.807) is 0 Å². The van der Waals surface area contributed by atoms with E-state index in [9.17, 15) is 4.79 Å². The first-order chi connectivity index (χ1) is 8.10. The van der Waals surface area contributed by atoms with Gasteiger partial charge < -0.3 is 15.5 Å². The lowest BCUT2D eigenvalue weighted by Gasteiger charge is -2.19. The van der Waals surface area contributed by atoms with Crippen molar-refractivity contribution in [2.75, 3.05) is 32.7 Å². The smallest absolute Gasteiger partial charge is 0.221 e. The third kappa shape index (κ3) is 10.3. The molecule has 0 aromatic carbocycles. The molecule has 0 saturated carbocycles. The number of carbonyl (C=O) groups is 1. The van der Waals surface area contributed by atoms with Crippen LogP contribution >= 0.6 is 0 Å². The van der Waals surface area contributed by atoms with Crippen molar-refractivity contribution in [3.8, 4) is 0 Å². The predicted molar refractivity (Wildman–Crippen MR) is 73.2 cm³/mol. The molecule has 102 valence electrons. The van der Waals surface area contributed by atoms with Gasteiger partial charge in [0.05, 0.1) is 0 Å². The normalized spacial score (nSPS) is 11.2. The van der Waals surface area contributed by atoms with Crippen LogP contribution in [0, 0.1) is 0 Å². The number of amides is 1. The quantitative estimate of drug-likeness (QED) is 0.567. The minimum Gasteiger partial charge on any atom is -0.354 e. The summed E-state index contributed by atoms with van der Waals surface area (Å²) in [7, 11) is 0. The number of rotatable bonds is 10. The molecule has 0 aromatic rings. The molecule has 0 aliphatic heterocycles. The second kappa shape index (κ2) is 10.5. The fraction of sp³-hybridized carbons (Fsp3) is 0.923. The summed E-state index contributed by atoms with van der Waals surface area (Å²) in [6, 6.07) is 0.239. The van der Waals surface area contributed by atoms with Crippen molar-refractivity contribution in [2.45, 2.75) is 46.6 Å². The molecular weight excluding hydrogens is 214 g/mol. The summed E-state index contributed by atoms with van der Waals surface area (Å²) < 4.78 is 0. The van der Waals surface area contributed by atoms with Gasteiger partial charge in [-0.2, -0.15) is 0 Å². The van der Waals surface area contributed by atoms with Crippen LogP contribution in [0.3, 0.4) is 0 Å². The molecule has 0 atom stereocenters. The van der Waals surface area contributed by atoms with Gasteiger partial charge >= 0.3 is 0 Å². The Balaban J connectivity index is 3.41. The summed E-state index contributed by atoms with van der Waals surface area (Å²) in [5.41, 5.74) is 0. The molecule has 17 heavy (non-hydrogen) atoms. The Labute approximate surface area is 106 Å². The molecule has 0 spiro atoms. The molecule has 4 heteroatoms. The molecule has 0 saturated heterocycles. The molecule has 0 aliphatic rings. The lowest BCUT2D eigenvalue weighted by Crippen LogP contribution is -2.35. The molecular formula is C13H29N3O. The summed E-state index contributed by atoms with van der Waals surface area (Å²) in [4.78, 5) is 13.8. The molecule has 0 radical (unpaired) electrons. The van der Waals surface area contributed by atoms with Gasteiger partial charge in [-0.3, -0.25) is 4.79 Å². The molecule has 0 fully saturated rings. The van der Waals surface area contributed by atoms with E-state index in [2.05, 4.69) is 29.4 Å². The molecule has 0 aromatic heterocycles. The monoisotopic (exact) mass is 243 g/mol. The van der Waals surface area contributed by atoms with Crippen molar-refractivity contribution in [1.82, 2.24) is 15.5 Å². The Morgan fingerprint density at radius 2 is 1.88 bits per heavy atom. The number of hydrogen-bond acceptors (Lipinski definition) is 3. The van der Waals surface area contributed by atoms with E-state index in [4.69, 9.17) is 0 Å². The van der Waals surface area contributed by atoms with Crippen LogP contribution in [0.15, 0.2) is 0 Å². The van der Waals surface area contributed by atoms with E-state index in [0.29, 0.717) is 6.42 Å². The molecule has 0 aliphatic carbocycles. The Morgan fingerprint density at radius 1 is 1.18 bits per heavy atom. The van der Waals surface area contributed by atoms with Crippen molar-refractivity contribution in [2.24, 2.45) is 0 Å². The average Bonchev–Trinajstić information content (AvgIpc) is 2.26.